The molecule has 0 bridgehead atoms. The Morgan fingerprint density at radius 2 is 1.50 bits per heavy atom. The molecule has 1 heterocycles. The molecule has 0 aliphatic carbocycles. The highest BCUT2D eigenvalue weighted by Crippen LogP contribution is 2.18. The van der Waals surface area contributed by atoms with Gasteiger partial charge in [-0.2, -0.15) is 0 Å². The standard InChI is InChI=1S/C20H19NO5/c22-18-11-19(23)21(20(24)26-13-16-9-5-2-6-10-16)17(18)14-25-12-15-7-3-1-4-8-15/h1-10,17H,11-14H2. The number of rotatable bonds is 6. The Morgan fingerprint density at radius 3 is 2.12 bits per heavy atom. The van der Waals surface area contributed by atoms with E-state index in [2.05, 4.69) is 0 Å². The monoisotopic (exact) mass is 353 g/mol. The van der Waals surface area contributed by atoms with E-state index in [1.807, 2.05) is 60.7 Å². The smallest absolute Gasteiger partial charge is 0.417 e. The third kappa shape index (κ3) is 4.34. The zero-order valence-corrected chi connectivity index (χ0v) is 14.2. The number of carbonyl (C=O) groups excluding carboxylic acids is 3. The predicted octanol–water partition coefficient (Wildman–Crippen LogP) is 2.71. The third-order valence-corrected chi connectivity index (χ3v) is 4.07. The first-order valence-corrected chi connectivity index (χ1v) is 8.32. The van der Waals surface area contributed by atoms with Crippen LogP contribution in [0.3, 0.4) is 0 Å². The molecule has 134 valence electrons. The lowest BCUT2D eigenvalue weighted by Gasteiger charge is -2.21. The number of Topliss-reactive ketones (excluding diaryl/α,β-unsaturated/α-hetero) is 1. The molecule has 1 atom stereocenters. The van der Waals surface area contributed by atoms with E-state index in [4.69, 9.17) is 9.47 Å². The van der Waals surface area contributed by atoms with Crippen molar-refractivity contribution in [3.05, 3.63) is 71.8 Å². The molecule has 0 aromatic heterocycles. The van der Waals surface area contributed by atoms with Crippen molar-refractivity contribution in [2.75, 3.05) is 6.61 Å². The molecule has 6 heteroatoms. The average molecular weight is 353 g/mol. The van der Waals surface area contributed by atoms with Crippen LogP contribution in [-0.4, -0.2) is 35.3 Å². The van der Waals surface area contributed by atoms with E-state index >= 15 is 0 Å². The summed E-state index contributed by atoms with van der Waals surface area (Å²) in [6, 6.07) is 17.7. The van der Waals surface area contributed by atoms with E-state index < -0.39 is 18.0 Å². The maximum Gasteiger partial charge on any atom is 0.417 e. The van der Waals surface area contributed by atoms with Crippen LogP contribution in [0.5, 0.6) is 0 Å². The molecule has 3 rings (SSSR count). The van der Waals surface area contributed by atoms with Crippen molar-refractivity contribution in [3.63, 3.8) is 0 Å². The van der Waals surface area contributed by atoms with Gasteiger partial charge in [-0.3, -0.25) is 9.59 Å². The SMILES string of the molecule is O=C1CC(=O)N(C(=O)OCc2ccccc2)C1COCc1ccccc1. The zero-order valence-electron chi connectivity index (χ0n) is 14.2. The highest BCUT2D eigenvalue weighted by atomic mass is 16.6. The number of carbonyl (C=O) groups is 3. The fourth-order valence-electron chi connectivity index (χ4n) is 2.72. The Bertz CT molecular complexity index is 775. The van der Waals surface area contributed by atoms with E-state index in [0.717, 1.165) is 16.0 Å². The Hall–Kier alpha value is -2.99. The number of ketones is 1. The number of hydrogen-bond donors (Lipinski definition) is 0. The van der Waals surface area contributed by atoms with Crippen molar-refractivity contribution >= 4 is 17.8 Å². The number of benzene rings is 2. The zero-order chi connectivity index (χ0) is 18.4. The van der Waals surface area contributed by atoms with Crippen LogP contribution >= 0.6 is 0 Å². The minimum atomic E-state index is -0.936. The molecule has 1 unspecified atom stereocenters. The van der Waals surface area contributed by atoms with Crippen LogP contribution in [0.4, 0.5) is 4.79 Å². The number of hydrogen-bond acceptors (Lipinski definition) is 5. The fourth-order valence-corrected chi connectivity index (χ4v) is 2.72. The summed E-state index contributed by atoms with van der Waals surface area (Å²) in [5, 5.41) is 0. The minimum Gasteiger partial charge on any atom is -0.444 e. The molecule has 2 aromatic rings. The summed E-state index contributed by atoms with van der Waals surface area (Å²) < 4.78 is 10.7. The van der Waals surface area contributed by atoms with Gasteiger partial charge in [0.1, 0.15) is 12.6 Å². The van der Waals surface area contributed by atoms with Crippen molar-refractivity contribution in [3.8, 4) is 0 Å². The van der Waals surface area contributed by atoms with Crippen LogP contribution in [0.1, 0.15) is 17.5 Å². The summed E-state index contributed by atoms with van der Waals surface area (Å²) in [6.07, 6.45) is -1.13. The summed E-state index contributed by atoms with van der Waals surface area (Å²) >= 11 is 0. The summed E-state index contributed by atoms with van der Waals surface area (Å²) in [5.41, 5.74) is 1.75. The first kappa shape index (κ1) is 17.8. The van der Waals surface area contributed by atoms with Gasteiger partial charge in [0.05, 0.1) is 19.6 Å². The Morgan fingerprint density at radius 1 is 0.923 bits per heavy atom. The molecular formula is C20H19NO5. The number of amides is 2. The van der Waals surface area contributed by atoms with Gasteiger partial charge in [-0.1, -0.05) is 60.7 Å². The molecule has 0 N–H and O–H groups in total. The molecular weight excluding hydrogens is 334 g/mol. The Labute approximate surface area is 151 Å². The first-order chi connectivity index (χ1) is 12.6. The van der Waals surface area contributed by atoms with E-state index in [1.165, 1.54) is 0 Å². The van der Waals surface area contributed by atoms with Gasteiger partial charge in [0, 0.05) is 0 Å². The highest BCUT2D eigenvalue weighted by Gasteiger charge is 2.43. The molecule has 6 nitrogen and oxygen atoms in total. The van der Waals surface area contributed by atoms with E-state index in [-0.39, 0.29) is 25.4 Å². The number of imide groups is 1. The molecule has 1 aliphatic rings. The lowest BCUT2D eigenvalue weighted by molar-refractivity contribution is -0.128. The summed E-state index contributed by atoms with van der Waals surface area (Å²) in [6.45, 7) is 0.293. The average Bonchev–Trinajstić information content (AvgIpc) is 2.95. The van der Waals surface area contributed by atoms with Gasteiger partial charge in [-0.05, 0) is 11.1 Å². The summed E-state index contributed by atoms with van der Waals surface area (Å²) in [5.74, 6) is -0.888. The van der Waals surface area contributed by atoms with E-state index in [9.17, 15) is 14.4 Å². The Kier molecular flexibility index (Phi) is 5.76. The van der Waals surface area contributed by atoms with Crippen molar-refractivity contribution in [2.24, 2.45) is 0 Å². The van der Waals surface area contributed by atoms with Crippen LogP contribution in [0.2, 0.25) is 0 Å². The van der Waals surface area contributed by atoms with Gasteiger partial charge in [-0.25, -0.2) is 9.69 Å². The van der Waals surface area contributed by atoms with Crippen LogP contribution in [0.25, 0.3) is 0 Å². The predicted molar refractivity (Wildman–Crippen MR) is 93.0 cm³/mol. The first-order valence-electron chi connectivity index (χ1n) is 8.32. The van der Waals surface area contributed by atoms with Crippen LogP contribution in [0.15, 0.2) is 60.7 Å². The molecule has 0 spiro atoms. The molecule has 2 aromatic carbocycles. The molecule has 0 radical (unpaired) electrons. The topological polar surface area (TPSA) is 72.9 Å². The number of ether oxygens (including phenoxy) is 2. The van der Waals surface area contributed by atoms with Crippen LogP contribution in [0, 0.1) is 0 Å². The van der Waals surface area contributed by atoms with Gasteiger partial charge in [-0.15, -0.1) is 0 Å². The van der Waals surface area contributed by atoms with Crippen LogP contribution in [-0.2, 0) is 32.3 Å². The molecule has 1 aliphatic heterocycles. The molecule has 2 amide bonds. The second-order valence-electron chi connectivity index (χ2n) is 5.96. The second-order valence-corrected chi connectivity index (χ2v) is 5.96. The van der Waals surface area contributed by atoms with Gasteiger partial charge >= 0.3 is 6.09 Å². The maximum absolute atomic E-state index is 12.3. The largest absolute Gasteiger partial charge is 0.444 e. The van der Waals surface area contributed by atoms with Crippen molar-refractivity contribution in [1.82, 2.24) is 4.90 Å². The lowest BCUT2D eigenvalue weighted by atomic mass is 10.2. The third-order valence-electron chi connectivity index (χ3n) is 4.07. The van der Waals surface area contributed by atoms with Gasteiger partial charge in [0.2, 0.25) is 5.91 Å². The Balaban J connectivity index is 1.57. The number of likely N-dealkylation sites (tertiary alicyclic amines) is 1. The molecule has 26 heavy (non-hydrogen) atoms. The second kappa shape index (κ2) is 8.40. The fraction of sp³-hybridized carbons (Fsp3) is 0.250. The van der Waals surface area contributed by atoms with E-state index in [1.54, 1.807) is 0 Å². The van der Waals surface area contributed by atoms with Crippen molar-refractivity contribution in [1.29, 1.82) is 0 Å². The molecule has 1 saturated heterocycles. The van der Waals surface area contributed by atoms with Crippen molar-refractivity contribution in [2.45, 2.75) is 25.7 Å². The van der Waals surface area contributed by atoms with Gasteiger partial charge in [0.15, 0.2) is 5.78 Å². The minimum absolute atomic E-state index is 0.0369. The van der Waals surface area contributed by atoms with Gasteiger partial charge < -0.3 is 9.47 Å². The lowest BCUT2D eigenvalue weighted by Crippen LogP contribution is -2.43. The normalized spacial score (nSPS) is 16.8. The summed E-state index contributed by atoms with van der Waals surface area (Å²) in [4.78, 5) is 37.3. The maximum atomic E-state index is 12.3. The molecule has 0 saturated carbocycles. The summed E-state index contributed by atoms with van der Waals surface area (Å²) in [7, 11) is 0. The van der Waals surface area contributed by atoms with E-state index in [0.29, 0.717) is 6.61 Å². The van der Waals surface area contributed by atoms with Gasteiger partial charge in [0.25, 0.3) is 0 Å². The quantitative estimate of drug-likeness (QED) is 0.747. The number of nitrogens with zero attached hydrogens (tertiary/aromatic N) is 1. The highest BCUT2D eigenvalue weighted by molar-refractivity contribution is 6.13. The molecule has 1 fully saturated rings. The van der Waals surface area contributed by atoms with Crippen LogP contribution < -0.4 is 0 Å². The van der Waals surface area contributed by atoms with Crippen molar-refractivity contribution < 1.29 is 23.9 Å².